The van der Waals surface area contributed by atoms with Gasteiger partial charge in [-0.15, -0.1) is 0 Å². The zero-order valence-corrected chi connectivity index (χ0v) is 12.7. The Morgan fingerprint density at radius 2 is 2.11 bits per heavy atom. The number of hydrogen-bond acceptors (Lipinski definition) is 3. The van der Waals surface area contributed by atoms with Crippen LogP contribution in [0.25, 0.3) is 0 Å². The molecule has 0 spiro atoms. The van der Waals surface area contributed by atoms with Crippen LogP contribution < -0.4 is 5.73 Å². The van der Waals surface area contributed by atoms with Gasteiger partial charge in [0.1, 0.15) is 4.90 Å². The Bertz CT molecular complexity index is 574. The van der Waals surface area contributed by atoms with Crippen LogP contribution in [0.15, 0.2) is 23.1 Å². The van der Waals surface area contributed by atoms with Crippen molar-refractivity contribution in [2.75, 3.05) is 13.1 Å². The lowest BCUT2D eigenvalue weighted by Gasteiger charge is -2.34. The van der Waals surface area contributed by atoms with E-state index in [9.17, 15) is 8.42 Å². The van der Waals surface area contributed by atoms with Gasteiger partial charge in [0.05, 0.1) is 5.02 Å². The van der Waals surface area contributed by atoms with E-state index >= 15 is 0 Å². The molecule has 1 aromatic carbocycles. The van der Waals surface area contributed by atoms with Gasteiger partial charge in [-0.1, -0.05) is 24.6 Å². The molecule has 1 saturated heterocycles. The molecule has 106 valence electrons. The fraction of sp³-hybridized carbons (Fsp3) is 0.538. The van der Waals surface area contributed by atoms with Crippen molar-refractivity contribution in [3.8, 4) is 0 Å². The normalized spacial score (nSPS) is 25.5. The van der Waals surface area contributed by atoms with Crippen LogP contribution in [0, 0.1) is 12.8 Å². The topological polar surface area (TPSA) is 63.4 Å². The standard InChI is InChI=1S/C13H19ClN2O2S/c1-9-3-4-13(11(14)7-9)19(17,18)16-6-5-10(2)12(15)8-16/h3-4,7,10,12H,5-6,8,15H2,1-2H3. The summed E-state index contributed by atoms with van der Waals surface area (Å²) in [6.07, 6.45) is 0.782. The van der Waals surface area contributed by atoms with Crippen molar-refractivity contribution in [3.05, 3.63) is 28.8 Å². The van der Waals surface area contributed by atoms with E-state index in [0.29, 0.717) is 19.0 Å². The van der Waals surface area contributed by atoms with Crippen LogP contribution in [0.1, 0.15) is 18.9 Å². The molecule has 1 heterocycles. The number of aryl methyl sites for hydroxylation is 1. The van der Waals surface area contributed by atoms with Gasteiger partial charge in [-0.3, -0.25) is 0 Å². The fourth-order valence-corrected chi connectivity index (χ4v) is 4.31. The number of nitrogens with two attached hydrogens (primary N) is 1. The summed E-state index contributed by atoms with van der Waals surface area (Å²) in [5.74, 6) is 0.347. The van der Waals surface area contributed by atoms with Gasteiger partial charge >= 0.3 is 0 Å². The molecular formula is C13H19ClN2O2S. The first kappa shape index (κ1) is 14.8. The van der Waals surface area contributed by atoms with Crippen LogP contribution in [0.5, 0.6) is 0 Å². The van der Waals surface area contributed by atoms with E-state index in [-0.39, 0.29) is 16.0 Å². The highest BCUT2D eigenvalue weighted by Gasteiger charge is 2.33. The predicted molar refractivity (Wildman–Crippen MR) is 76.7 cm³/mol. The van der Waals surface area contributed by atoms with Crippen LogP contribution >= 0.6 is 11.6 Å². The molecule has 0 saturated carbocycles. The lowest BCUT2D eigenvalue weighted by atomic mass is 9.96. The third kappa shape index (κ3) is 2.94. The van der Waals surface area contributed by atoms with Gasteiger partial charge in [0.25, 0.3) is 0 Å². The number of halogens is 1. The number of piperidine rings is 1. The highest BCUT2D eigenvalue weighted by molar-refractivity contribution is 7.89. The molecule has 0 radical (unpaired) electrons. The Labute approximate surface area is 119 Å². The first-order valence-corrected chi connectivity index (χ1v) is 8.16. The number of hydrogen-bond donors (Lipinski definition) is 1. The van der Waals surface area contributed by atoms with E-state index in [1.165, 1.54) is 4.31 Å². The quantitative estimate of drug-likeness (QED) is 0.909. The first-order valence-electron chi connectivity index (χ1n) is 6.34. The third-order valence-electron chi connectivity index (χ3n) is 3.68. The maximum atomic E-state index is 12.6. The lowest BCUT2D eigenvalue weighted by molar-refractivity contribution is 0.253. The van der Waals surface area contributed by atoms with Gasteiger partial charge in [-0.05, 0) is 37.0 Å². The summed E-state index contributed by atoms with van der Waals surface area (Å²) >= 11 is 6.06. The van der Waals surface area contributed by atoms with E-state index in [1.54, 1.807) is 18.2 Å². The summed E-state index contributed by atoms with van der Waals surface area (Å²) in [6.45, 7) is 4.78. The van der Waals surface area contributed by atoms with Crippen molar-refractivity contribution in [2.24, 2.45) is 11.7 Å². The monoisotopic (exact) mass is 302 g/mol. The Balaban J connectivity index is 2.32. The molecule has 1 fully saturated rings. The van der Waals surface area contributed by atoms with Crippen LogP contribution in [0.3, 0.4) is 0 Å². The molecule has 1 aromatic rings. The molecule has 0 aliphatic carbocycles. The Morgan fingerprint density at radius 1 is 1.42 bits per heavy atom. The Kier molecular flexibility index (Phi) is 4.20. The summed E-state index contributed by atoms with van der Waals surface area (Å²) in [5.41, 5.74) is 6.90. The van der Waals surface area contributed by atoms with Crippen LogP contribution in [-0.2, 0) is 10.0 Å². The molecule has 2 rings (SSSR count). The van der Waals surface area contributed by atoms with Crippen molar-refractivity contribution < 1.29 is 8.42 Å². The van der Waals surface area contributed by atoms with Crippen molar-refractivity contribution in [2.45, 2.75) is 31.2 Å². The van der Waals surface area contributed by atoms with Gasteiger partial charge in [0.15, 0.2) is 0 Å². The summed E-state index contributed by atoms with van der Waals surface area (Å²) in [7, 11) is -3.54. The second kappa shape index (κ2) is 5.40. The summed E-state index contributed by atoms with van der Waals surface area (Å²) < 4.78 is 26.6. The molecule has 0 bridgehead atoms. The lowest BCUT2D eigenvalue weighted by Crippen LogP contribution is -2.49. The van der Waals surface area contributed by atoms with Gasteiger partial charge in [-0.2, -0.15) is 4.31 Å². The molecule has 1 aliphatic rings. The highest BCUT2D eigenvalue weighted by atomic mass is 35.5. The van der Waals surface area contributed by atoms with Crippen LogP contribution in [-0.4, -0.2) is 31.9 Å². The van der Waals surface area contributed by atoms with Crippen LogP contribution in [0.2, 0.25) is 5.02 Å². The predicted octanol–water partition coefficient (Wildman–Crippen LogP) is 2.01. The minimum Gasteiger partial charge on any atom is -0.326 e. The average molecular weight is 303 g/mol. The minimum absolute atomic E-state index is 0.118. The van der Waals surface area contributed by atoms with Crippen molar-refractivity contribution in [3.63, 3.8) is 0 Å². The molecular weight excluding hydrogens is 284 g/mol. The summed E-state index contributed by atoms with van der Waals surface area (Å²) in [4.78, 5) is 0.168. The largest absolute Gasteiger partial charge is 0.326 e. The van der Waals surface area contributed by atoms with E-state index < -0.39 is 10.0 Å². The molecule has 4 nitrogen and oxygen atoms in total. The van der Waals surface area contributed by atoms with Crippen LogP contribution in [0.4, 0.5) is 0 Å². The van der Waals surface area contributed by atoms with Gasteiger partial charge in [0, 0.05) is 19.1 Å². The summed E-state index contributed by atoms with van der Waals surface area (Å²) in [6, 6.07) is 4.87. The van der Waals surface area contributed by atoms with E-state index in [1.807, 2.05) is 13.8 Å². The van der Waals surface area contributed by atoms with Gasteiger partial charge in [0.2, 0.25) is 10.0 Å². The first-order chi connectivity index (χ1) is 8.82. The maximum absolute atomic E-state index is 12.6. The van der Waals surface area contributed by atoms with Gasteiger partial charge in [-0.25, -0.2) is 8.42 Å². The van der Waals surface area contributed by atoms with E-state index in [2.05, 4.69) is 0 Å². The number of sulfonamides is 1. The number of nitrogens with zero attached hydrogens (tertiary/aromatic N) is 1. The molecule has 2 atom stereocenters. The van der Waals surface area contributed by atoms with Gasteiger partial charge < -0.3 is 5.73 Å². The fourth-order valence-electron chi connectivity index (χ4n) is 2.24. The molecule has 19 heavy (non-hydrogen) atoms. The zero-order valence-electron chi connectivity index (χ0n) is 11.1. The molecule has 0 aromatic heterocycles. The third-order valence-corrected chi connectivity index (χ3v) is 6.03. The molecule has 1 aliphatic heterocycles. The minimum atomic E-state index is -3.54. The van der Waals surface area contributed by atoms with E-state index in [0.717, 1.165) is 12.0 Å². The number of rotatable bonds is 2. The molecule has 6 heteroatoms. The second-order valence-corrected chi connectivity index (χ2v) is 7.54. The average Bonchev–Trinajstić information content (AvgIpc) is 2.32. The Hall–Kier alpha value is -0.620. The van der Waals surface area contributed by atoms with E-state index in [4.69, 9.17) is 17.3 Å². The van der Waals surface area contributed by atoms with Crippen molar-refractivity contribution in [1.29, 1.82) is 0 Å². The SMILES string of the molecule is Cc1ccc(S(=O)(=O)N2CCC(C)C(N)C2)c(Cl)c1. The zero-order chi connectivity index (χ0) is 14.2. The second-order valence-electron chi connectivity index (χ2n) is 5.23. The molecule has 0 amide bonds. The smallest absolute Gasteiger partial charge is 0.244 e. The molecule has 2 unspecified atom stereocenters. The number of benzene rings is 1. The highest BCUT2D eigenvalue weighted by Crippen LogP contribution is 2.28. The van der Waals surface area contributed by atoms with Crippen molar-refractivity contribution >= 4 is 21.6 Å². The Morgan fingerprint density at radius 3 is 2.68 bits per heavy atom. The van der Waals surface area contributed by atoms with Crippen molar-refractivity contribution in [1.82, 2.24) is 4.31 Å². The summed E-state index contributed by atoms with van der Waals surface area (Å²) in [5, 5.41) is 0.271. The molecule has 2 N–H and O–H groups in total. The maximum Gasteiger partial charge on any atom is 0.244 e.